The van der Waals surface area contributed by atoms with Gasteiger partial charge >= 0.3 is 5.97 Å². The van der Waals surface area contributed by atoms with E-state index in [0.29, 0.717) is 27.1 Å². The molecule has 0 heterocycles. The van der Waals surface area contributed by atoms with Gasteiger partial charge in [-0.1, -0.05) is 53.0 Å². The molecule has 31 heavy (non-hydrogen) atoms. The van der Waals surface area contributed by atoms with Crippen molar-refractivity contribution in [2.45, 2.75) is 0 Å². The molecule has 1 amide bonds. The van der Waals surface area contributed by atoms with Crippen molar-refractivity contribution in [3.63, 3.8) is 0 Å². The molecule has 158 valence electrons. The third kappa shape index (κ3) is 6.46. The highest BCUT2D eigenvalue weighted by Gasteiger charge is 2.12. The first kappa shape index (κ1) is 22.6. The summed E-state index contributed by atoms with van der Waals surface area (Å²) in [5, 5.41) is 4.73. The standard InChI is InChI=1S/C22H15Cl3N2O4/c23-17-5-2-1-4-16(17)22(29)31-15-10-8-14(9-11-15)12-26-27-20(28)13-30-19-7-3-6-18(24)21(19)25/h1-12H,13H2,(H,27,28)/b26-12-. The van der Waals surface area contributed by atoms with Gasteiger partial charge in [-0.2, -0.15) is 5.10 Å². The van der Waals surface area contributed by atoms with Gasteiger partial charge in [0, 0.05) is 0 Å². The van der Waals surface area contributed by atoms with Crippen molar-refractivity contribution in [1.29, 1.82) is 0 Å². The van der Waals surface area contributed by atoms with Crippen LogP contribution in [0.15, 0.2) is 71.8 Å². The van der Waals surface area contributed by atoms with Gasteiger partial charge < -0.3 is 9.47 Å². The van der Waals surface area contributed by atoms with Crippen LogP contribution in [0.25, 0.3) is 0 Å². The van der Waals surface area contributed by atoms with E-state index in [4.69, 9.17) is 44.3 Å². The Balaban J connectivity index is 1.49. The molecule has 1 N–H and O–H groups in total. The monoisotopic (exact) mass is 476 g/mol. The van der Waals surface area contributed by atoms with E-state index in [-0.39, 0.29) is 17.2 Å². The molecule has 3 rings (SSSR count). The normalized spacial score (nSPS) is 10.7. The number of hydrogen-bond donors (Lipinski definition) is 1. The highest BCUT2D eigenvalue weighted by molar-refractivity contribution is 6.42. The summed E-state index contributed by atoms with van der Waals surface area (Å²) in [6.07, 6.45) is 1.43. The Kier molecular flexibility index (Phi) is 7.89. The largest absolute Gasteiger partial charge is 0.482 e. The summed E-state index contributed by atoms with van der Waals surface area (Å²) in [5.74, 6) is -0.384. The maximum Gasteiger partial charge on any atom is 0.345 e. The van der Waals surface area contributed by atoms with E-state index in [1.54, 1.807) is 66.7 Å². The quantitative estimate of drug-likeness (QED) is 0.214. The molecule has 0 aliphatic rings. The van der Waals surface area contributed by atoms with Crippen LogP contribution in [0.2, 0.25) is 15.1 Å². The summed E-state index contributed by atoms with van der Waals surface area (Å²) in [7, 11) is 0. The van der Waals surface area contributed by atoms with Gasteiger partial charge in [0.2, 0.25) is 0 Å². The zero-order chi connectivity index (χ0) is 22.2. The number of hydrazone groups is 1. The molecular weight excluding hydrogens is 463 g/mol. The molecule has 6 nitrogen and oxygen atoms in total. The molecular formula is C22H15Cl3N2O4. The van der Waals surface area contributed by atoms with Crippen molar-refractivity contribution >= 4 is 52.9 Å². The number of ether oxygens (including phenoxy) is 2. The Morgan fingerprint density at radius 3 is 2.35 bits per heavy atom. The van der Waals surface area contributed by atoms with Crippen molar-refractivity contribution in [2.24, 2.45) is 5.10 Å². The van der Waals surface area contributed by atoms with Crippen molar-refractivity contribution < 1.29 is 19.1 Å². The minimum absolute atomic E-state index is 0.232. The van der Waals surface area contributed by atoms with E-state index < -0.39 is 11.9 Å². The van der Waals surface area contributed by atoms with Crippen LogP contribution >= 0.6 is 34.8 Å². The van der Waals surface area contributed by atoms with Crippen molar-refractivity contribution in [3.05, 3.63) is 92.9 Å². The molecule has 0 radical (unpaired) electrons. The second-order valence-electron chi connectivity index (χ2n) is 6.07. The number of esters is 1. The third-order valence-electron chi connectivity index (χ3n) is 3.86. The minimum atomic E-state index is -0.556. The fourth-order valence-corrected chi connectivity index (χ4v) is 2.92. The molecule has 0 aliphatic carbocycles. The predicted molar refractivity (Wildman–Crippen MR) is 121 cm³/mol. The molecule has 0 atom stereocenters. The van der Waals surface area contributed by atoms with Crippen LogP contribution in [0.4, 0.5) is 0 Å². The first-order valence-corrected chi connectivity index (χ1v) is 10.0. The molecule has 0 bridgehead atoms. The van der Waals surface area contributed by atoms with E-state index >= 15 is 0 Å². The Morgan fingerprint density at radius 2 is 1.61 bits per heavy atom. The summed E-state index contributed by atoms with van der Waals surface area (Å²) in [4.78, 5) is 24.0. The maximum absolute atomic E-state index is 12.2. The van der Waals surface area contributed by atoms with E-state index in [1.165, 1.54) is 6.21 Å². The maximum atomic E-state index is 12.2. The van der Waals surface area contributed by atoms with Crippen molar-refractivity contribution in [2.75, 3.05) is 6.61 Å². The number of nitrogens with zero attached hydrogens (tertiary/aromatic N) is 1. The van der Waals surface area contributed by atoms with Crippen LogP contribution < -0.4 is 14.9 Å². The topological polar surface area (TPSA) is 77.0 Å². The van der Waals surface area contributed by atoms with Crippen molar-refractivity contribution in [3.8, 4) is 11.5 Å². The lowest BCUT2D eigenvalue weighted by atomic mass is 10.2. The fourth-order valence-electron chi connectivity index (χ4n) is 2.36. The second-order valence-corrected chi connectivity index (χ2v) is 7.26. The zero-order valence-corrected chi connectivity index (χ0v) is 18.1. The summed E-state index contributed by atoms with van der Waals surface area (Å²) in [5.41, 5.74) is 3.29. The first-order valence-electron chi connectivity index (χ1n) is 8.89. The second kappa shape index (κ2) is 10.8. The molecule has 0 aliphatic heterocycles. The molecule has 0 fully saturated rings. The number of amides is 1. The smallest absolute Gasteiger partial charge is 0.345 e. The lowest BCUT2D eigenvalue weighted by Gasteiger charge is -2.07. The Hall–Kier alpha value is -3.06. The molecule has 0 saturated carbocycles. The number of rotatable bonds is 7. The van der Waals surface area contributed by atoms with Crippen LogP contribution in [-0.4, -0.2) is 24.7 Å². The Bertz CT molecular complexity index is 1120. The van der Waals surface area contributed by atoms with Crippen LogP contribution in [0.1, 0.15) is 15.9 Å². The lowest BCUT2D eigenvalue weighted by molar-refractivity contribution is -0.123. The molecule has 0 spiro atoms. The first-order chi connectivity index (χ1) is 14.9. The highest BCUT2D eigenvalue weighted by atomic mass is 35.5. The van der Waals surface area contributed by atoms with Gasteiger partial charge in [0.05, 0.1) is 21.8 Å². The van der Waals surface area contributed by atoms with Gasteiger partial charge in [-0.25, -0.2) is 10.2 Å². The van der Waals surface area contributed by atoms with Gasteiger partial charge in [-0.15, -0.1) is 0 Å². The molecule has 3 aromatic rings. The SMILES string of the molecule is O=C(COc1cccc(Cl)c1Cl)N/N=C\c1ccc(OC(=O)c2ccccc2Cl)cc1. The number of carbonyl (C=O) groups excluding carboxylic acids is 2. The molecule has 0 saturated heterocycles. The van der Waals surface area contributed by atoms with E-state index in [1.807, 2.05) is 0 Å². The van der Waals surface area contributed by atoms with E-state index in [0.717, 1.165) is 0 Å². The minimum Gasteiger partial charge on any atom is -0.482 e. The Morgan fingerprint density at radius 1 is 0.903 bits per heavy atom. The summed E-state index contributed by atoms with van der Waals surface area (Å²) in [6, 6.07) is 18.0. The van der Waals surface area contributed by atoms with Crippen LogP contribution in [0.5, 0.6) is 11.5 Å². The van der Waals surface area contributed by atoms with Gasteiger partial charge in [0.25, 0.3) is 5.91 Å². The van der Waals surface area contributed by atoms with Gasteiger partial charge in [-0.3, -0.25) is 4.79 Å². The molecule has 0 unspecified atom stereocenters. The van der Waals surface area contributed by atoms with E-state index in [2.05, 4.69) is 10.5 Å². The van der Waals surface area contributed by atoms with Gasteiger partial charge in [-0.05, 0) is 54.1 Å². The van der Waals surface area contributed by atoms with Crippen LogP contribution in [-0.2, 0) is 4.79 Å². The number of hydrogen-bond acceptors (Lipinski definition) is 5. The van der Waals surface area contributed by atoms with Gasteiger partial charge in [0.1, 0.15) is 16.5 Å². The number of benzene rings is 3. The summed E-state index contributed by atoms with van der Waals surface area (Å²) < 4.78 is 10.6. The molecule has 3 aromatic carbocycles. The Labute approximate surface area is 193 Å². The highest BCUT2D eigenvalue weighted by Crippen LogP contribution is 2.31. The number of carbonyl (C=O) groups is 2. The molecule has 0 aromatic heterocycles. The van der Waals surface area contributed by atoms with Crippen LogP contribution in [0, 0.1) is 0 Å². The zero-order valence-electron chi connectivity index (χ0n) is 15.8. The van der Waals surface area contributed by atoms with E-state index in [9.17, 15) is 9.59 Å². The summed E-state index contributed by atoms with van der Waals surface area (Å²) in [6.45, 7) is -0.283. The van der Waals surface area contributed by atoms with Crippen molar-refractivity contribution in [1.82, 2.24) is 5.43 Å². The van der Waals surface area contributed by atoms with Gasteiger partial charge in [0.15, 0.2) is 6.61 Å². The number of nitrogens with one attached hydrogen (secondary N) is 1. The predicted octanol–water partition coefficient (Wildman–Crippen LogP) is 5.40. The average Bonchev–Trinajstić information content (AvgIpc) is 2.76. The average molecular weight is 478 g/mol. The molecule has 9 heteroatoms. The van der Waals surface area contributed by atoms with Crippen LogP contribution in [0.3, 0.4) is 0 Å². The fraction of sp³-hybridized carbons (Fsp3) is 0.0455. The summed E-state index contributed by atoms with van der Waals surface area (Å²) >= 11 is 17.9. The lowest BCUT2D eigenvalue weighted by Crippen LogP contribution is -2.24. The number of halogens is 3. The third-order valence-corrected chi connectivity index (χ3v) is 4.99.